The minimum Gasteiger partial charge on any atom is -0.354 e. The molecule has 2 heterocycles. The van der Waals surface area contributed by atoms with Gasteiger partial charge in [0.25, 0.3) is 5.91 Å². The van der Waals surface area contributed by atoms with Crippen LogP contribution in [0.1, 0.15) is 23.2 Å². The molecule has 1 N–H and O–H groups in total. The highest BCUT2D eigenvalue weighted by Crippen LogP contribution is 2.23. The molecule has 158 valence electrons. The zero-order chi connectivity index (χ0) is 21.2. The number of carbonyl (C=O) groups excluding carboxylic acids is 1. The Bertz CT molecular complexity index is 1070. The molecule has 1 saturated heterocycles. The van der Waals surface area contributed by atoms with Gasteiger partial charge in [-0.1, -0.05) is 0 Å². The Labute approximate surface area is 169 Å². The Hall–Kier alpha value is -2.27. The van der Waals surface area contributed by atoms with E-state index in [1.807, 2.05) is 0 Å². The monoisotopic (exact) mass is 423 g/mol. The van der Waals surface area contributed by atoms with Crippen LogP contribution in [0.2, 0.25) is 0 Å². The number of sulfonamides is 1. The second-order valence-electron chi connectivity index (χ2n) is 6.88. The standard InChI is InChI=1S/C19H25N3O6S/c1-21-12-15(19(24)20-11-17(27-2)28-3)18(23)14-10-13(6-7-16(14)21)29(25,26)22-8-4-5-9-22/h6-7,10,12,17H,4-5,8-9,11H2,1-3H3,(H,20,24). The fourth-order valence-corrected chi connectivity index (χ4v) is 4.95. The van der Waals surface area contributed by atoms with E-state index in [0.717, 1.165) is 12.8 Å². The van der Waals surface area contributed by atoms with Gasteiger partial charge in [0.05, 0.1) is 17.0 Å². The van der Waals surface area contributed by atoms with Crippen molar-refractivity contribution < 1.29 is 22.7 Å². The molecule has 1 fully saturated rings. The number of hydrogen-bond donors (Lipinski definition) is 1. The van der Waals surface area contributed by atoms with Gasteiger partial charge >= 0.3 is 0 Å². The molecule has 3 rings (SSSR count). The molecule has 1 aromatic heterocycles. The zero-order valence-electron chi connectivity index (χ0n) is 16.7. The summed E-state index contributed by atoms with van der Waals surface area (Å²) in [4.78, 5) is 25.5. The lowest BCUT2D eigenvalue weighted by Crippen LogP contribution is -2.36. The number of fused-ring (bicyclic) bond motifs is 1. The number of nitrogens with zero attached hydrogens (tertiary/aromatic N) is 2. The maximum absolute atomic E-state index is 13.0. The van der Waals surface area contributed by atoms with Crippen LogP contribution in [0.15, 0.2) is 34.1 Å². The Morgan fingerprint density at radius 1 is 1.21 bits per heavy atom. The van der Waals surface area contributed by atoms with E-state index < -0.39 is 27.6 Å². The van der Waals surface area contributed by atoms with Crippen LogP contribution in [-0.2, 0) is 26.5 Å². The topological polar surface area (TPSA) is 107 Å². The normalized spacial score (nSPS) is 15.3. The van der Waals surface area contributed by atoms with E-state index in [-0.39, 0.29) is 22.4 Å². The summed E-state index contributed by atoms with van der Waals surface area (Å²) in [6, 6.07) is 4.44. The van der Waals surface area contributed by atoms with Crippen molar-refractivity contribution in [3.63, 3.8) is 0 Å². The lowest BCUT2D eigenvalue weighted by atomic mass is 10.1. The summed E-state index contributed by atoms with van der Waals surface area (Å²) in [6.07, 6.45) is 2.44. The summed E-state index contributed by atoms with van der Waals surface area (Å²) in [6.45, 7) is 1.01. The van der Waals surface area contributed by atoms with Gasteiger partial charge < -0.3 is 19.4 Å². The summed E-state index contributed by atoms with van der Waals surface area (Å²) < 4.78 is 38.8. The highest BCUT2D eigenvalue weighted by molar-refractivity contribution is 7.89. The molecule has 0 atom stereocenters. The second-order valence-corrected chi connectivity index (χ2v) is 8.82. The Morgan fingerprint density at radius 2 is 1.86 bits per heavy atom. The van der Waals surface area contributed by atoms with Crippen LogP contribution in [0.3, 0.4) is 0 Å². The SMILES string of the molecule is COC(CNC(=O)c1cn(C)c2ccc(S(=O)(=O)N3CCCC3)cc2c1=O)OC. The average Bonchev–Trinajstić information content (AvgIpc) is 3.26. The van der Waals surface area contributed by atoms with Gasteiger partial charge in [0.2, 0.25) is 15.5 Å². The predicted molar refractivity (Wildman–Crippen MR) is 107 cm³/mol. The third kappa shape index (κ3) is 4.20. The summed E-state index contributed by atoms with van der Waals surface area (Å²) in [7, 11) is 0.910. The molecule has 1 aliphatic rings. The maximum Gasteiger partial charge on any atom is 0.256 e. The lowest BCUT2D eigenvalue weighted by Gasteiger charge is -2.17. The number of ether oxygens (including phenoxy) is 2. The number of aromatic nitrogens is 1. The number of pyridine rings is 1. The van der Waals surface area contributed by atoms with Crippen LogP contribution in [0.5, 0.6) is 0 Å². The summed E-state index contributed by atoms with van der Waals surface area (Å²) in [5.41, 5.74) is -0.0688. The number of nitrogens with one attached hydrogen (secondary N) is 1. The lowest BCUT2D eigenvalue weighted by molar-refractivity contribution is -0.0974. The van der Waals surface area contributed by atoms with Crippen molar-refractivity contribution in [2.75, 3.05) is 33.9 Å². The van der Waals surface area contributed by atoms with Crippen LogP contribution < -0.4 is 10.7 Å². The Kier molecular flexibility index (Phi) is 6.37. The van der Waals surface area contributed by atoms with Crippen molar-refractivity contribution >= 4 is 26.8 Å². The molecule has 0 saturated carbocycles. The molecular formula is C19H25N3O6S. The first-order valence-electron chi connectivity index (χ1n) is 9.27. The molecule has 1 aromatic carbocycles. The number of benzene rings is 1. The van der Waals surface area contributed by atoms with Crippen molar-refractivity contribution in [1.82, 2.24) is 14.2 Å². The third-order valence-corrected chi connectivity index (χ3v) is 6.96. The van der Waals surface area contributed by atoms with E-state index >= 15 is 0 Å². The van der Waals surface area contributed by atoms with E-state index in [9.17, 15) is 18.0 Å². The van der Waals surface area contributed by atoms with Crippen molar-refractivity contribution in [3.8, 4) is 0 Å². The van der Waals surface area contributed by atoms with Crippen molar-refractivity contribution in [2.45, 2.75) is 24.0 Å². The van der Waals surface area contributed by atoms with Crippen molar-refractivity contribution in [3.05, 3.63) is 40.2 Å². The maximum atomic E-state index is 13.0. The molecule has 9 nitrogen and oxygen atoms in total. The molecule has 1 aliphatic heterocycles. The van der Waals surface area contributed by atoms with Crippen molar-refractivity contribution in [1.29, 1.82) is 0 Å². The van der Waals surface area contributed by atoms with Crippen LogP contribution >= 0.6 is 0 Å². The summed E-state index contributed by atoms with van der Waals surface area (Å²) in [5, 5.41) is 2.77. The highest BCUT2D eigenvalue weighted by Gasteiger charge is 2.28. The van der Waals surface area contributed by atoms with Crippen LogP contribution in [0, 0.1) is 0 Å². The van der Waals surface area contributed by atoms with Gasteiger partial charge in [-0.25, -0.2) is 8.42 Å². The zero-order valence-corrected chi connectivity index (χ0v) is 17.5. The van der Waals surface area contributed by atoms with E-state index in [1.54, 1.807) is 17.7 Å². The minimum atomic E-state index is -3.67. The third-order valence-electron chi connectivity index (χ3n) is 5.06. The smallest absolute Gasteiger partial charge is 0.256 e. The van der Waals surface area contributed by atoms with E-state index in [4.69, 9.17) is 9.47 Å². The molecule has 2 aromatic rings. The second kappa shape index (κ2) is 8.62. The molecule has 29 heavy (non-hydrogen) atoms. The largest absolute Gasteiger partial charge is 0.354 e. The minimum absolute atomic E-state index is 0.0559. The molecule has 0 radical (unpaired) electrons. The number of amides is 1. The number of methoxy groups -OCH3 is 2. The fourth-order valence-electron chi connectivity index (χ4n) is 3.41. The summed E-state index contributed by atoms with van der Waals surface area (Å²) in [5.74, 6) is -0.584. The average molecular weight is 423 g/mol. The van der Waals surface area contributed by atoms with E-state index in [0.29, 0.717) is 18.6 Å². The van der Waals surface area contributed by atoms with Gasteiger partial charge in [-0.15, -0.1) is 0 Å². The first-order valence-corrected chi connectivity index (χ1v) is 10.7. The summed E-state index contributed by atoms with van der Waals surface area (Å²) >= 11 is 0. The molecule has 10 heteroatoms. The number of rotatable bonds is 7. The van der Waals surface area contributed by atoms with Gasteiger partial charge in [0.15, 0.2) is 6.29 Å². The Balaban J connectivity index is 2.00. The Morgan fingerprint density at radius 3 is 2.48 bits per heavy atom. The van der Waals surface area contributed by atoms with Crippen LogP contribution in [-0.4, -0.2) is 63.3 Å². The fraction of sp³-hybridized carbons (Fsp3) is 0.474. The first kappa shape index (κ1) is 21.4. The predicted octanol–water partition coefficient (Wildman–Crippen LogP) is 0.672. The van der Waals surface area contributed by atoms with Gasteiger partial charge in [0, 0.05) is 45.9 Å². The molecule has 1 amide bonds. The van der Waals surface area contributed by atoms with Crippen LogP contribution in [0.25, 0.3) is 10.9 Å². The van der Waals surface area contributed by atoms with Crippen molar-refractivity contribution in [2.24, 2.45) is 7.05 Å². The van der Waals surface area contributed by atoms with E-state index in [1.165, 1.54) is 36.9 Å². The quantitative estimate of drug-likeness (QED) is 0.656. The van der Waals surface area contributed by atoms with E-state index in [2.05, 4.69) is 5.32 Å². The van der Waals surface area contributed by atoms with Crippen LogP contribution in [0.4, 0.5) is 0 Å². The molecule has 0 aliphatic carbocycles. The van der Waals surface area contributed by atoms with Gasteiger partial charge in [-0.3, -0.25) is 9.59 Å². The first-order chi connectivity index (χ1) is 13.8. The van der Waals surface area contributed by atoms with Gasteiger partial charge in [-0.2, -0.15) is 4.31 Å². The molecule has 0 spiro atoms. The highest BCUT2D eigenvalue weighted by atomic mass is 32.2. The van der Waals surface area contributed by atoms with Gasteiger partial charge in [0.1, 0.15) is 5.56 Å². The number of carbonyl (C=O) groups is 1. The molecular weight excluding hydrogens is 398 g/mol. The molecule has 0 unspecified atom stereocenters. The molecule has 0 bridgehead atoms. The number of hydrogen-bond acceptors (Lipinski definition) is 6. The number of aryl methyl sites for hydroxylation is 1. The van der Waals surface area contributed by atoms with Gasteiger partial charge in [-0.05, 0) is 31.0 Å².